The Kier molecular flexibility index (Phi) is 7.56. The van der Waals surface area contributed by atoms with E-state index in [1.165, 1.54) is 22.3 Å². The predicted octanol–water partition coefficient (Wildman–Crippen LogP) is 3.88. The number of nitrogens with one attached hydrogen (secondary N) is 1. The lowest BCUT2D eigenvalue weighted by Gasteiger charge is -2.25. The van der Waals surface area contributed by atoms with E-state index in [1.54, 1.807) is 18.2 Å². The van der Waals surface area contributed by atoms with Crippen molar-refractivity contribution < 1.29 is 13.2 Å². The minimum atomic E-state index is -3.49. The molecule has 1 N–H and O–H groups in total. The highest BCUT2D eigenvalue weighted by molar-refractivity contribution is 7.99. The van der Waals surface area contributed by atoms with E-state index in [4.69, 9.17) is 11.6 Å². The Bertz CT molecular complexity index is 946. The first-order chi connectivity index (χ1) is 13.9. The topological polar surface area (TPSA) is 79.4 Å². The van der Waals surface area contributed by atoms with Crippen LogP contribution >= 0.6 is 23.4 Å². The van der Waals surface area contributed by atoms with Crippen molar-refractivity contribution in [3.05, 3.63) is 53.2 Å². The lowest BCUT2D eigenvalue weighted by atomic mass is 10.1. The van der Waals surface area contributed by atoms with Gasteiger partial charge in [0.05, 0.1) is 16.8 Å². The first kappa shape index (κ1) is 22.1. The van der Waals surface area contributed by atoms with Crippen molar-refractivity contribution in [2.24, 2.45) is 0 Å². The number of amides is 1. The maximum Gasteiger partial charge on any atom is 0.244 e. The largest absolute Gasteiger partial charge is 0.349 e. The molecule has 1 saturated heterocycles. The SMILES string of the molecule is CC(NC(=O)CSc1ccc(S(=O)(=O)N2CCCCC2)cn1)c1ccccc1Cl. The number of benzene rings is 1. The molecular formula is C20H24ClN3O3S2. The molecule has 0 bridgehead atoms. The maximum atomic E-state index is 12.7. The number of carbonyl (C=O) groups is 1. The molecule has 3 rings (SSSR count). The van der Waals surface area contributed by atoms with Crippen LogP contribution in [0.15, 0.2) is 52.5 Å². The molecule has 1 amide bonds. The number of hydrogen-bond donors (Lipinski definition) is 1. The third-order valence-electron chi connectivity index (χ3n) is 4.76. The highest BCUT2D eigenvalue weighted by atomic mass is 35.5. The smallest absolute Gasteiger partial charge is 0.244 e. The van der Waals surface area contributed by atoms with E-state index < -0.39 is 10.0 Å². The zero-order valence-electron chi connectivity index (χ0n) is 16.2. The van der Waals surface area contributed by atoms with E-state index in [0.717, 1.165) is 24.8 Å². The third-order valence-corrected chi connectivity index (χ3v) is 7.93. The summed E-state index contributed by atoms with van der Waals surface area (Å²) in [5.41, 5.74) is 0.859. The molecule has 0 aliphatic carbocycles. The molecule has 1 atom stereocenters. The summed E-state index contributed by atoms with van der Waals surface area (Å²) in [5.74, 6) is 0.0363. The van der Waals surface area contributed by atoms with Crippen LogP contribution in [0.25, 0.3) is 0 Å². The Morgan fingerprint density at radius 1 is 1.21 bits per heavy atom. The summed E-state index contributed by atoms with van der Waals surface area (Å²) in [6, 6.07) is 10.4. The molecule has 1 aliphatic heterocycles. The van der Waals surface area contributed by atoms with Crippen LogP contribution in [0, 0.1) is 0 Å². The van der Waals surface area contributed by atoms with Crippen molar-refractivity contribution in [1.82, 2.24) is 14.6 Å². The van der Waals surface area contributed by atoms with Crippen molar-refractivity contribution in [1.29, 1.82) is 0 Å². The highest BCUT2D eigenvalue weighted by Gasteiger charge is 2.26. The molecule has 1 aromatic heterocycles. The number of carbonyl (C=O) groups excluding carboxylic acids is 1. The molecular weight excluding hydrogens is 430 g/mol. The first-order valence-electron chi connectivity index (χ1n) is 9.51. The Balaban J connectivity index is 1.54. The van der Waals surface area contributed by atoms with E-state index in [9.17, 15) is 13.2 Å². The van der Waals surface area contributed by atoms with Crippen LogP contribution in [0.3, 0.4) is 0 Å². The minimum absolute atomic E-state index is 0.144. The fourth-order valence-corrected chi connectivity index (χ4v) is 5.60. The molecule has 1 fully saturated rings. The van der Waals surface area contributed by atoms with Crippen LogP contribution in [-0.2, 0) is 14.8 Å². The van der Waals surface area contributed by atoms with Gasteiger partial charge < -0.3 is 5.32 Å². The van der Waals surface area contributed by atoms with E-state index >= 15 is 0 Å². The Morgan fingerprint density at radius 2 is 1.93 bits per heavy atom. The van der Waals surface area contributed by atoms with Crippen LogP contribution in [0.4, 0.5) is 0 Å². The van der Waals surface area contributed by atoms with Gasteiger partial charge in [-0.2, -0.15) is 4.31 Å². The van der Waals surface area contributed by atoms with E-state index in [2.05, 4.69) is 10.3 Å². The van der Waals surface area contributed by atoms with Crippen molar-refractivity contribution >= 4 is 39.3 Å². The molecule has 156 valence electrons. The van der Waals surface area contributed by atoms with Gasteiger partial charge in [-0.15, -0.1) is 0 Å². The molecule has 2 heterocycles. The van der Waals surface area contributed by atoms with E-state index in [-0.39, 0.29) is 22.6 Å². The van der Waals surface area contributed by atoms with Gasteiger partial charge in [-0.1, -0.05) is 48.0 Å². The standard InChI is InChI=1S/C20H24ClN3O3S2/c1-15(17-7-3-4-8-18(17)21)23-19(25)14-28-20-10-9-16(13-22-20)29(26,27)24-11-5-2-6-12-24/h3-4,7-10,13,15H,2,5-6,11-12,14H2,1H3,(H,23,25). The van der Waals surface area contributed by atoms with Crippen LogP contribution in [-0.4, -0.2) is 42.5 Å². The van der Waals surface area contributed by atoms with Crippen LogP contribution in [0.5, 0.6) is 0 Å². The molecule has 1 unspecified atom stereocenters. The quantitative estimate of drug-likeness (QED) is 0.643. The summed E-state index contributed by atoms with van der Waals surface area (Å²) in [5, 5.41) is 4.12. The Morgan fingerprint density at radius 3 is 2.59 bits per heavy atom. The first-order valence-corrected chi connectivity index (χ1v) is 12.3. The normalized spacial score (nSPS) is 16.3. The van der Waals surface area contributed by atoms with Crippen LogP contribution < -0.4 is 5.32 Å². The number of hydrogen-bond acceptors (Lipinski definition) is 5. The zero-order valence-corrected chi connectivity index (χ0v) is 18.6. The molecule has 1 aromatic carbocycles. The maximum absolute atomic E-state index is 12.7. The van der Waals surface area contributed by atoms with Gasteiger partial charge in [-0.3, -0.25) is 4.79 Å². The van der Waals surface area contributed by atoms with Gasteiger partial charge >= 0.3 is 0 Å². The second-order valence-electron chi connectivity index (χ2n) is 6.90. The van der Waals surface area contributed by atoms with Crippen molar-refractivity contribution in [2.45, 2.75) is 42.1 Å². The van der Waals surface area contributed by atoms with Gasteiger partial charge in [0, 0.05) is 24.3 Å². The van der Waals surface area contributed by atoms with E-state index in [1.807, 2.05) is 25.1 Å². The Labute approximate surface area is 181 Å². The van der Waals surface area contributed by atoms with Crippen LogP contribution in [0.2, 0.25) is 5.02 Å². The van der Waals surface area contributed by atoms with Crippen molar-refractivity contribution in [2.75, 3.05) is 18.8 Å². The van der Waals surface area contributed by atoms with Gasteiger partial charge in [0.25, 0.3) is 0 Å². The number of rotatable bonds is 7. The highest BCUT2D eigenvalue weighted by Crippen LogP contribution is 2.24. The summed E-state index contributed by atoms with van der Waals surface area (Å²) in [6.07, 6.45) is 4.22. The fraction of sp³-hybridized carbons (Fsp3) is 0.400. The summed E-state index contributed by atoms with van der Waals surface area (Å²) in [4.78, 5) is 16.7. The second-order valence-corrected chi connectivity index (χ2v) is 10.2. The number of sulfonamides is 1. The summed E-state index contributed by atoms with van der Waals surface area (Å²) in [7, 11) is -3.49. The summed E-state index contributed by atoms with van der Waals surface area (Å²) >= 11 is 7.42. The van der Waals surface area contributed by atoms with Gasteiger partial charge in [0.1, 0.15) is 4.90 Å². The number of piperidine rings is 1. The van der Waals surface area contributed by atoms with Gasteiger partial charge in [-0.25, -0.2) is 13.4 Å². The van der Waals surface area contributed by atoms with E-state index in [0.29, 0.717) is 23.1 Å². The average molecular weight is 454 g/mol. The minimum Gasteiger partial charge on any atom is -0.349 e. The molecule has 0 radical (unpaired) electrons. The molecule has 9 heteroatoms. The number of nitrogens with zero attached hydrogens (tertiary/aromatic N) is 2. The zero-order chi connectivity index (χ0) is 20.9. The number of aromatic nitrogens is 1. The van der Waals surface area contributed by atoms with Gasteiger partial charge in [-0.05, 0) is 43.5 Å². The second kappa shape index (κ2) is 9.93. The summed E-state index contributed by atoms with van der Waals surface area (Å²) in [6.45, 7) is 2.99. The molecule has 6 nitrogen and oxygen atoms in total. The number of halogens is 1. The molecule has 2 aromatic rings. The molecule has 1 aliphatic rings. The van der Waals surface area contributed by atoms with Gasteiger partial charge in [0.15, 0.2) is 0 Å². The number of thioether (sulfide) groups is 1. The van der Waals surface area contributed by atoms with Crippen molar-refractivity contribution in [3.63, 3.8) is 0 Å². The molecule has 29 heavy (non-hydrogen) atoms. The molecule has 0 spiro atoms. The average Bonchev–Trinajstić information content (AvgIpc) is 2.73. The lowest BCUT2D eigenvalue weighted by Crippen LogP contribution is -2.35. The van der Waals surface area contributed by atoms with Gasteiger partial charge in [0.2, 0.25) is 15.9 Å². The predicted molar refractivity (Wildman–Crippen MR) is 116 cm³/mol. The van der Waals surface area contributed by atoms with Crippen LogP contribution in [0.1, 0.15) is 37.8 Å². The molecule has 0 saturated carbocycles. The monoisotopic (exact) mass is 453 g/mol. The fourth-order valence-electron chi connectivity index (χ4n) is 3.19. The summed E-state index contributed by atoms with van der Waals surface area (Å²) < 4.78 is 26.8. The third kappa shape index (κ3) is 5.72. The Hall–Kier alpha value is -1.61. The number of pyridine rings is 1. The lowest BCUT2D eigenvalue weighted by molar-refractivity contribution is -0.119. The van der Waals surface area contributed by atoms with Crippen molar-refractivity contribution in [3.8, 4) is 0 Å².